The molecule has 1 atom stereocenters. The molecule has 10 aromatic rings. The SMILES string of the molecule is N#Cc1ccc(-c2ccc3c(n2)-c2ncccc2C32c3ccccc3Sc3c2ccc2c3Oc3ccccc3N2c2cccc(-n3c4ccccc4c4ccccc43)c2)cc1. The summed E-state index contributed by atoms with van der Waals surface area (Å²) >= 11 is 1.76. The molecule has 3 aliphatic rings. The predicted octanol–water partition coefficient (Wildman–Crippen LogP) is 13.5. The standard InChI is InChI=1S/C54H31N5OS/c55-32-33-22-24-34(25-23-33)43-28-26-41-51(57-43)50-40(16-10-30-56-50)54(41)39-15-3-8-21-49(39)61-53-42(54)27-29-47-52(53)60-48-20-7-6-19-46(48)59(47)36-12-9-11-35(31-36)58-44-17-4-1-13-37(44)38-14-2-5-18-45(38)58/h1-31H. The third-order valence-electron chi connectivity index (χ3n) is 12.5. The van der Waals surface area contributed by atoms with Gasteiger partial charge in [0.2, 0.25) is 0 Å². The second kappa shape index (κ2) is 12.8. The fraction of sp³-hybridized carbons (Fsp3) is 0.0185. The molecule has 6 nitrogen and oxygen atoms in total. The van der Waals surface area contributed by atoms with Gasteiger partial charge < -0.3 is 14.2 Å². The highest BCUT2D eigenvalue weighted by Crippen LogP contribution is 2.65. The van der Waals surface area contributed by atoms with Crippen molar-refractivity contribution in [3.8, 4) is 45.9 Å². The molecule has 284 valence electrons. The summed E-state index contributed by atoms with van der Waals surface area (Å²) < 4.78 is 9.48. The van der Waals surface area contributed by atoms with Gasteiger partial charge in [-0.2, -0.15) is 5.26 Å². The number of nitrogens with zero attached hydrogens (tertiary/aromatic N) is 5. The number of nitriles is 1. The Kier molecular flexibility index (Phi) is 7.13. The minimum absolute atomic E-state index is 0.617. The minimum Gasteiger partial charge on any atom is -0.452 e. The molecule has 0 saturated carbocycles. The summed E-state index contributed by atoms with van der Waals surface area (Å²) in [6.07, 6.45) is 1.86. The lowest BCUT2D eigenvalue weighted by Crippen LogP contribution is -2.32. The monoisotopic (exact) mass is 797 g/mol. The lowest BCUT2D eigenvalue weighted by Gasteiger charge is -2.41. The Morgan fingerprint density at radius 1 is 0.574 bits per heavy atom. The maximum atomic E-state index is 9.45. The van der Waals surface area contributed by atoms with Crippen LogP contribution in [0.4, 0.5) is 17.1 Å². The molecular formula is C54H31N5OS. The van der Waals surface area contributed by atoms with Gasteiger partial charge in [0.25, 0.3) is 0 Å². The Balaban J connectivity index is 1.03. The molecule has 0 radical (unpaired) electrons. The van der Waals surface area contributed by atoms with Gasteiger partial charge in [-0.15, -0.1) is 0 Å². The fourth-order valence-corrected chi connectivity index (χ4v) is 11.3. The van der Waals surface area contributed by atoms with E-state index in [-0.39, 0.29) is 0 Å². The van der Waals surface area contributed by atoms with E-state index in [2.05, 4.69) is 161 Å². The van der Waals surface area contributed by atoms with Crippen molar-refractivity contribution in [1.29, 1.82) is 5.26 Å². The van der Waals surface area contributed by atoms with Gasteiger partial charge in [0.05, 0.1) is 61.4 Å². The molecule has 5 heterocycles. The normalized spacial score (nSPS) is 15.3. The van der Waals surface area contributed by atoms with Gasteiger partial charge in [0.1, 0.15) is 0 Å². The zero-order chi connectivity index (χ0) is 40.2. The number of para-hydroxylation sites is 4. The highest BCUT2D eigenvalue weighted by molar-refractivity contribution is 7.99. The molecule has 0 N–H and O–H groups in total. The van der Waals surface area contributed by atoms with E-state index < -0.39 is 5.41 Å². The van der Waals surface area contributed by atoms with Crippen molar-refractivity contribution < 1.29 is 4.74 Å². The molecule has 7 heteroatoms. The summed E-state index contributed by atoms with van der Waals surface area (Å²) in [5.41, 5.74) is 14.3. The van der Waals surface area contributed by atoms with Crippen molar-refractivity contribution in [2.24, 2.45) is 0 Å². The lowest BCUT2D eigenvalue weighted by molar-refractivity contribution is 0.461. The van der Waals surface area contributed by atoms with Gasteiger partial charge in [-0.25, -0.2) is 4.98 Å². The van der Waals surface area contributed by atoms with Crippen LogP contribution in [0.5, 0.6) is 11.5 Å². The smallest absolute Gasteiger partial charge is 0.165 e. The van der Waals surface area contributed by atoms with E-state index in [1.165, 1.54) is 27.4 Å². The van der Waals surface area contributed by atoms with Crippen LogP contribution in [0.1, 0.15) is 27.8 Å². The van der Waals surface area contributed by atoms with Crippen molar-refractivity contribution in [1.82, 2.24) is 14.5 Å². The molecule has 1 spiro atoms. The van der Waals surface area contributed by atoms with Crippen LogP contribution in [0.3, 0.4) is 0 Å². The number of fused-ring (bicyclic) bond motifs is 15. The van der Waals surface area contributed by atoms with Crippen LogP contribution < -0.4 is 9.64 Å². The molecule has 13 rings (SSSR count). The molecule has 0 amide bonds. The number of ether oxygens (including phenoxy) is 1. The van der Waals surface area contributed by atoms with Gasteiger partial charge in [-0.3, -0.25) is 4.98 Å². The highest BCUT2D eigenvalue weighted by atomic mass is 32.2. The van der Waals surface area contributed by atoms with E-state index in [1.54, 1.807) is 11.8 Å². The van der Waals surface area contributed by atoms with Crippen molar-refractivity contribution >= 4 is 50.6 Å². The van der Waals surface area contributed by atoms with Gasteiger partial charge in [0, 0.05) is 38.8 Å². The summed E-state index contributed by atoms with van der Waals surface area (Å²) in [5, 5.41) is 11.9. The number of hydrogen-bond donors (Lipinski definition) is 0. The highest BCUT2D eigenvalue weighted by Gasteiger charge is 2.53. The van der Waals surface area contributed by atoms with E-state index in [9.17, 15) is 5.26 Å². The quantitative estimate of drug-likeness (QED) is 0.177. The predicted molar refractivity (Wildman–Crippen MR) is 243 cm³/mol. The summed E-state index contributed by atoms with van der Waals surface area (Å²) in [5.74, 6) is 1.61. The number of benzene rings is 7. The molecule has 0 bridgehead atoms. The Morgan fingerprint density at radius 2 is 1.28 bits per heavy atom. The van der Waals surface area contributed by atoms with Crippen molar-refractivity contribution in [2.75, 3.05) is 4.90 Å². The molecule has 1 unspecified atom stereocenters. The number of pyridine rings is 2. The number of hydrogen-bond acceptors (Lipinski definition) is 6. The lowest BCUT2D eigenvalue weighted by atomic mass is 9.67. The van der Waals surface area contributed by atoms with Crippen molar-refractivity contribution in [3.05, 3.63) is 216 Å². The number of rotatable bonds is 3. The van der Waals surface area contributed by atoms with Crippen molar-refractivity contribution in [2.45, 2.75) is 15.2 Å². The van der Waals surface area contributed by atoms with Crippen LogP contribution in [0, 0.1) is 11.3 Å². The van der Waals surface area contributed by atoms with E-state index in [1.807, 2.05) is 42.6 Å². The first-order chi connectivity index (χ1) is 30.2. The first-order valence-electron chi connectivity index (χ1n) is 20.3. The molecule has 61 heavy (non-hydrogen) atoms. The van der Waals surface area contributed by atoms with E-state index in [0.29, 0.717) is 5.56 Å². The molecule has 0 fully saturated rings. The zero-order valence-electron chi connectivity index (χ0n) is 32.5. The van der Waals surface area contributed by atoms with Gasteiger partial charge >= 0.3 is 0 Å². The van der Waals surface area contributed by atoms with Gasteiger partial charge in [-0.1, -0.05) is 115 Å². The summed E-state index contributed by atoms with van der Waals surface area (Å²) in [6.45, 7) is 0. The largest absolute Gasteiger partial charge is 0.452 e. The van der Waals surface area contributed by atoms with Crippen LogP contribution in [0.2, 0.25) is 0 Å². The molecule has 0 saturated heterocycles. The van der Waals surface area contributed by atoms with Crippen LogP contribution in [0.25, 0.3) is 50.1 Å². The van der Waals surface area contributed by atoms with E-state index >= 15 is 0 Å². The average molecular weight is 798 g/mol. The van der Waals surface area contributed by atoms with Crippen molar-refractivity contribution in [3.63, 3.8) is 0 Å². The Morgan fingerprint density at radius 3 is 2.11 bits per heavy atom. The summed E-state index contributed by atoms with van der Waals surface area (Å²) in [6, 6.07) is 66.2. The van der Waals surface area contributed by atoms with Gasteiger partial charge in [-0.05, 0) is 101 Å². The first kappa shape index (κ1) is 34.0. The third kappa shape index (κ3) is 4.68. The number of aromatic nitrogens is 3. The third-order valence-corrected chi connectivity index (χ3v) is 13.7. The van der Waals surface area contributed by atoms with E-state index in [4.69, 9.17) is 14.7 Å². The molecule has 2 aliphatic heterocycles. The van der Waals surface area contributed by atoms with Crippen LogP contribution in [0.15, 0.2) is 198 Å². The van der Waals surface area contributed by atoms with Crippen LogP contribution in [-0.4, -0.2) is 14.5 Å². The maximum absolute atomic E-state index is 9.45. The second-order valence-corrected chi connectivity index (χ2v) is 16.7. The Bertz CT molecular complexity index is 3480. The van der Waals surface area contributed by atoms with Crippen LogP contribution in [-0.2, 0) is 5.41 Å². The first-order valence-corrected chi connectivity index (χ1v) is 21.1. The Hall–Kier alpha value is -7.92. The molecule has 3 aromatic heterocycles. The number of anilines is 3. The zero-order valence-corrected chi connectivity index (χ0v) is 33.3. The topological polar surface area (TPSA) is 67.0 Å². The Labute approximate surface area is 355 Å². The maximum Gasteiger partial charge on any atom is 0.165 e. The van der Waals surface area contributed by atoms with Crippen LogP contribution >= 0.6 is 11.8 Å². The minimum atomic E-state index is -0.705. The van der Waals surface area contributed by atoms with E-state index in [0.717, 1.165) is 83.4 Å². The molecule has 7 aromatic carbocycles. The molecule has 1 aliphatic carbocycles. The average Bonchev–Trinajstić information content (AvgIpc) is 3.81. The molecular weight excluding hydrogens is 767 g/mol. The fourth-order valence-electron chi connectivity index (χ4n) is 10.0. The van der Waals surface area contributed by atoms with Gasteiger partial charge in [0.15, 0.2) is 11.5 Å². The summed E-state index contributed by atoms with van der Waals surface area (Å²) in [4.78, 5) is 15.0. The summed E-state index contributed by atoms with van der Waals surface area (Å²) in [7, 11) is 0. The second-order valence-electron chi connectivity index (χ2n) is 15.6.